The first kappa shape index (κ1) is 31.1. The molecule has 4 atom stereocenters. The molecule has 7 heteroatoms. The van der Waals surface area contributed by atoms with Crippen molar-refractivity contribution in [3.8, 4) is 0 Å². The minimum absolute atomic E-state index is 0.0186. The van der Waals surface area contributed by atoms with Crippen LogP contribution in [0.15, 0.2) is 91.0 Å². The molecule has 220 valence electrons. The number of hydrogen-bond donors (Lipinski definition) is 0. The van der Waals surface area contributed by atoms with E-state index in [0.29, 0.717) is 19.8 Å². The van der Waals surface area contributed by atoms with Crippen LogP contribution in [0.1, 0.15) is 43.9 Å². The van der Waals surface area contributed by atoms with Crippen molar-refractivity contribution in [1.82, 2.24) is 0 Å². The highest BCUT2D eigenvalue weighted by molar-refractivity contribution is 6.74. The molecular weight excluding hydrogens is 532 g/mol. The van der Waals surface area contributed by atoms with Gasteiger partial charge in [0.25, 0.3) is 0 Å². The van der Waals surface area contributed by atoms with Crippen LogP contribution in [-0.2, 0) is 48.0 Å². The van der Waals surface area contributed by atoms with E-state index in [1.807, 2.05) is 91.0 Å². The van der Waals surface area contributed by atoms with E-state index in [2.05, 4.69) is 33.9 Å². The lowest BCUT2D eigenvalue weighted by Gasteiger charge is -2.42. The number of carbonyl (C=O) groups excluding carboxylic acids is 1. The summed E-state index contributed by atoms with van der Waals surface area (Å²) in [6.45, 7) is 12.4. The van der Waals surface area contributed by atoms with E-state index in [4.69, 9.17) is 23.4 Å². The maximum Gasteiger partial charge on any atom is 0.308 e. The summed E-state index contributed by atoms with van der Waals surface area (Å²) >= 11 is 0. The first-order valence-corrected chi connectivity index (χ1v) is 17.3. The fraction of sp³-hybridized carbons (Fsp3) is 0.441. The van der Waals surface area contributed by atoms with Gasteiger partial charge in [-0.05, 0) is 34.8 Å². The van der Waals surface area contributed by atoms with Gasteiger partial charge < -0.3 is 23.4 Å². The van der Waals surface area contributed by atoms with Crippen LogP contribution in [0, 0.1) is 0 Å². The Balaban J connectivity index is 1.60. The zero-order chi connectivity index (χ0) is 29.3. The number of cyclic esters (lactones) is 1. The molecule has 0 bridgehead atoms. The van der Waals surface area contributed by atoms with Crippen molar-refractivity contribution in [2.75, 3.05) is 6.61 Å². The van der Waals surface area contributed by atoms with Crippen LogP contribution >= 0.6 is 0 Å². The Morgan fingerprint density at radius 1 is 0.780 bits per heavy atom. The number of hydrogen-bond acceptors (Lipinski definition) is 6. The normalized spacial score (nSPS) is 20.4. The molecule has 3 aromatic carbocycles. The number of rotatable bonds is 13. The van der Waals surface area contributed by atoms with Gasteiger partial charge in [-0.15, -0.1) is 0 Å². The summed E-state index contributed by atoms with van der Waals surface area (Å²) in [6.07, 6.45) is -2.18. The highest BCUT2D eigenvalue weighted by atomic mass is 28.4. The van der Waals surface area contributed by atoms with Gasteiger partial charge in [-0.2, -0.15) is 0 Å². The average molecular weight is 577 g/mol. The molecule has 0 radical (unpaired) electrons. The predicted molar refractivity (Wildman–Crippen MR) is 163 cm³/mol. The molecule has 1 heterocycles. The van der Waals surface area contributed by atoms with E-state index in [-0.39, 0.29) is 24.0 Å². The largest absolute Gasteiger partial charge is 0.457 e. The van der Waals surface area contributed by atoms with Crippen LogP contribution in [0.4, 0.5) is 0 Å². The fourth-order valence-corrected chi connectivity index (χ4v) is 5.48. The van der Waals surface area contributed by atoms with E-state index in [0.717, 1.165) is 16.7 Å². The molecule has 1 fully saturated rings. The third kappa shape index (κ3) is 9.09. The smallest absolute Gasteiger partial charge is 0.308 e. The van der Waals surface area contributed by atoms with Gasteiger partial charge in [-0.25, -0.2) is 0 Å². The molecule has 1 aliphatic rings. The van der Waals surface area contributed by atoms with E-state index in [9.17, 15) is 4.79 Å². The Hall–Kier alpha value is -2.81. The zero-order valence-corrected chi connectivity index (χ0v) is 26.0. The molecule has 0 N–H and O–H groups in total. The molecule has 0 amide bonds. The summed E-state index contributed by atoms with van der Waals surface area (Å²) in [6, 6.07) is 29.9. The highest BCUT2D eigenvalue weighted by Gasteiger charge is 2.46. The standard InChI is InChI=1S/C34H44O6Si/c1-34(2,3)41(4,5)39-25-30(37-23-27-17-11-7-12-18-27)33-32(38-24-28-19-13-8-14-20-28)29(21-31(35)40-33)36-22-26-15-9-6-10-16-26/h6-20,29-30,32-33H,21-25H2,1-5H3/t29-,30-,32-,33-/m1/s1. The van der Waals surface area contributed by atoms with Gasteiger partial charge in [0, 0.05) is 0 Å². The molecular formula is C34H44O6Si. The van der Waals surface area contributed by atoms with Crippen molar-refractivity contribution >= 4 is 14.3 Å². The molecule has 41 heavy (non-hydrogen) atoms. The number of ether oxygens (including phenoxy) is 4. The van der Waals surface area contributed by atoms with Gasteiger partial charge in [0.2, 0.25) is 0 Å². The summed E-state index contributed by atoms with van der Waals surface area (Å²) in [7, 11) is -2.12. The SMILES string of the molecule is CC(C)(C)[Si](C)(C)OC[C@@H](OCc1ccccc1)[C@H]1OC(=O)C[C@@H](OCc2ccccc2)[C@H]1OCc1ccccc1. The summed E-state index contributed by atoms with van der Waals surface area (Å²) in [5.41, 5.74) is 3.10. The van der Waals surface area contributed by atoms with Crippen LogP contribution in [0.2, 0.25) is 18.1 Å². The number of carbonyl (C=O) groups is 1. The second-order valence-electron chi connectivity index (χ2n) is 12.2. The van der Waals surface area contributed by atoms with Crippen molar-refractivity contribution in [3.05, 3.63) is 108 Å². The summed E-state index contributed by atoms with van der Waals surface area (Å²) in [5, 5.41) is 0.0186. The van der Waals surface area contributed by atoms with Gasteiger partial charge in [0.1, 0.15) is 12.2 Å². The molecule has 0 spiro atoms. The number of benzene rings is 3. The summed E-state index contributed by atoms with van der Waals surface area (Å²) in [5.74, 6) is -0.326. The quantitative estimate of drug-likeness (QED) is 0.160. The van der Waals surface area contributed by atoms with Crippen LogP contribution in [-0.4, -0.2) is 45.3 Å². The summed E-state index contributed by atoms with van der Waals surface area (Å²) in [4.78, 5) is 13.0. The molecule has 4 rings (SSSR count). The zero-order valence-electron chi connectivity index (χ0n) is 25.0. The van der Waals surface area contributed by atoms with Crippen LogP contribution in [0.3, 0.4) is 0 Å². The Bertz CT molecular complexity index is 1200. The maximum absolute atomic E-state index is 13.0. The minimum Gasteiger partial charge on any atom is -0.457 e. The van der Waals surface area contributed by atoms with Crippen molar-refractivity contribution in [2.24, 2.45) is 0 Å². The molecule has 1 saturated heterocycles. The predicted octanol–water partition coefficient (Wildman–Crippen LogP) is 7.08. The lowest BCUT2D eigenvalue weighted by atomic mass is 9.97. The summed E-state index contributed by atoms with van der Waals surface area (Å²) < 4.78 is 32.1. The van der Waals surface area contributed by atoms with Crippen LogP contribution < -0.4 is 0 Å². The Morgan fingerprint density at radius 3 is 1.78 bits per heavy atom. The van der Waals surface area contributed by atoms with E-state index in [1.54, 1.807) is 0 Å². The van der Waals surface area contributed by atoms with Gasteiger partial charge in [0.15, 0.2) is 14.4 Å². The molecule has 6 nitrogen and oxygen atoms in total. The third-order valence-electron chi connectivity index (χ3n) is 8.01. The van der Waals surface area contributed by atoms with E-state index < -0.39 is 32.7 Å². The molecule has 0 saturated carbocycles. The third-order valence-corrected chi connectivity index (χ3v) is 12.5. The van der Waals surface area contributed by atoms with E-state index >= 15 is 0 Å². The lowest BCUT2D eigenvalue weighted by molar-refractivity contribution is -0.220. The molecule has 0 aliphatic carbocycles. The van der Waals surface area contributed by atoms with Crippen LogP contribution in [0.25, 0.3) is 0 Å². The molecule has 3 aromatic rings. The van der Waals surface area contributed by atoms with E-state index in [1.165, 1.54) is 0 Å². The van der Waals surface area contributed by atoms with Gasteiger partial charge in [-0.1, -0.05) is 112 Å². The molecule has 0 unspecified atom stereocenters. The Labute approximate surface area is 246 Å². The van der Waals surface area contributed by atoms with Gasteiger partial charge in [0.05, 0.1) is 39.0 Å². The Kier molecular flexibility index (Phi) is 10.9. The van der Waals surface area contributed by atoms with Gasteiger partial charge in [-0.3, -0.25) is 4.79 Å². The second kappa shape index (κ2) is 14.4. The topological polar surface area (TPSA) is 63.2 Å². The van der Waals surface area contributed by atoms with Crippen molar-refractivity contribution in [2.45, 2.75) is 89.6 Å². The fourth-order valence-electron chi connectivity index (χ4n) is 4.47. The van der Waals surface area contributed by atoms with Gasteiger partial charge >= 0.3 is 5.97 Å². The monoisotopic (exact) mass is 576 g/mol. The number of esters is 1. The second-order valence-corrected chi connectivity index (χ2v) is 17.0. The first-order chi connectivity index (χ1) is 19.6. The minimum atomic E-state index is -2.12. The highest BCUT2D eigenvalue weighted by Crippen LogP contribution is 2.37. The van der Waals surface area contributed by atoms with Crippen molar-refractivity contribution in [1.29, 1.82) is 0 Å². The first-order valence-electron chi connectivity index (χ1n) is 14.4. The average Bonchev–Trinajstić information content (AvgIpc) is 2.96. The maximum atomic E-state index is 13.0. The Morgan fingerprint density at radius 2 is 1.27 bits per heavy atom. The molecule has 0 aromatic heterocycles. The van der Waals surface area contributed by atoms with Crippen molar-refractivity contribution < 1.29 is 28.2 Å². The molecule has 1 aliphatic heterocycles. The lowest BCUT2D eigenvalue weighted by Crippen LogP contribution is -2.56. The van der Waals surface area contributed by atoms with Crippen molar-refractivity contribution in [3.63, 3.8) is 0 Å². The van der Waals surface area contributed by atoms with Crippen LogP contribution in [0.5, 0.6) is 0 Å².